The van der Waals surface area contributed by atoms with Crippen LogP contribution in [-0.2, 0) is 4.74 Å². The monoisotopic (exact) mass is 287 g/mol. The van der Waals surface area contributed by atoms with E-state index < -0.39 is 11.9 Å². The largest absolute Gasteiger partial charge is 0.478 e. The second kappa shape index (κ2) is 6.00. The molecule has 0 aliphatic rings. The molecule has 2 aromatic rings. The third-order valence-corrected chi connectivity index (χ3v) is 2.85. The lowest BCUT2D eigenvalue weighted by molar-refractivity contribution is 0.0586. The van der Waals surface area contributed by atoms with Gasteiger partial charge < -0.3 is 14.7 Å². The molecule has 0 saturated carbocycles. The maximum Gasteiger partial charge on any atom is 0.376 e. The van der Waals surface area contributed by atoms with Gasteiger partial charge in [0.2, 0.25) is 5.82 Å². The van der Waals surface area contributed by atoms with Crippen molar-refractivity contribution in [3.05, 3.63) is 47.9 Å². The minimum Gasteiger partial charge on any atom is -0.478 e. The first-order chi connectivity index (χ1) is 10.0. The molecule has 7 heteroatoms. The number of carbonyl (C=O) groups is 2. The number of methoxy groups -OCH3 is 1. The van der Waals surface area contributed by atoms with Crippen LogP contribution in [-0.4, -0.2) is 41.2 Å². The number of carboxylic acid groups (broad SMARTS) is 1. The molecule has 0 atom stereocenters. The van der Waals surface area contributed by atoms with Crippen molar-refractivity contribution in [1.29, 1.82) is 0 Å². The first-order valence-electron chi connectivity index (χ1n) is 6.01. The molecule has 7 nitrogen and oxygen atoms in total. The van der Waals surface area contributed by atoms with Crippen molar-refractivity contribution in [3.8, 4) is 0 Å². The molecule has 2 rings (SSSR count). The quantitative estimate of drug-likeness (QED) is 0.856. The molecule has 108 valence electrons. The predicted molar refractivity (Wildman–Crippen MR) is 74.8 cm³/mol. The van der Waals surface area contributed by atoms with Crippen molar-refractivity contribution in [2.24, 2.45) is 0 Å². The number of aromatic nitrogens is 2. The molecule has 0 unspecified atom stereocenters. The number of carbonyl (C=O) groups excluding carboxylic acids is 1. The molecule has 1 N–H and O–H groups in total. The smallest absolute Gasteiger partial charge is 0.376 e. The zero-order valence-corrected chi connectivity index (χ0v) is 11.5. The van der Waals surface area contributed by atoms with Crippen molar-refractivity contribution < 1.29 is 19.4 Å². The van der Waals surface area contributed by atoms with Crippen molar-refractivity contribution in [2.45, 2.75) is 0 Å². The Balaban J connectivity index is 2.29. The summed E-state index contributed by atoms with van der Waals surface area (Å²) < 4.78 is 4.57. The van der Waals surface area contributed by atoms with Gasteiger partial charge in [0.25, 0.3) is 0 Å². The van der Waals surface area contributed by atoms with E-state index in [9.17, 15) is 9.59 Å². The summed E-state index contributed by atoms with van der Waals surface area (Å²) in [6, 6.07) is 7.94. The summed E-state index contributed by atoms with van der Waals surface area (Å²) in [6.45, 7) is 0. The summed E-state index contributed by atoms with van der Waals surface area (Å²) in [4.78, 5) is 31.9. The minimum absolute atomic E-state index is 0.0380. The van der Waals surface area contributed by atoms with Gasteiger partial charge in [-0.2, -0.15) is 0 Å². The second-order valence-electron chi connectivity index (χ2n) is 4.14. The molecular formula is C14H13N3O4. The maximum atomic E-state index is 11.4. The van der Waals surface area contributed by atoms with Crippen LogP contribution in [0.15, 0.2) is 36.5 Å². The van der Waals surface area contributed by atoms with E-state index in [0.717, 1.165) is 5.69 Å². The third-order valence-electron chi connectivity index (χ3n) is 2.85. The molecule has 0 spiro atoms. The van der Waals surface area contributed by atoms with Crippen LogP contribution in [0.1, 0.15) is 21.0 Å². The summed E-state index contributed by atoms with van der Waals surface area (Å²) in [5.74, 6) is -1.15. The molecule has 0 amide bonds. The topological polar surface area (TPSA) is 92.6 Å². The number of anilines is 2. The Labute approximate surface area is 120 Å². The lowest BCUT2D eigenvalue weighted by Crippen LogP contribution is -2.15. The summed E-state index contributed by atoms with van der Waals surface area (Å²) in [7, 11) is 3.01. The van der Waals surface area contributed by atoms with Crippen LogP contribution in [0.5, 0.6) is 0 Å². The fourth-order valence-corrected chi connectivity index (χ4v) is 1.69. The third kappa shape index (κ3) is 3.14. The number of hydrogen-bond donors (Lipinski definition) is 1. The molecule has 0 fully saturated rings. The lowest BCUT2D eigenvalue weighted by Gasteiger charge is -2.18. The highest BCUT2D eigenvalue weighted by molar-refractivity contribution is 5.88. The van der Waals surface area contributed by atoms with Gasteiger partial charge in [0, 0.05) is 18.9 Å². The number of esters is 1. The summed E-state index contributed by atoms with van der Waals surface area (Å²) in [5.41, 5.74) is 0.930. The van der Waals surface area contributed by atoms with Gasteiger partial charge in [-0.1, -0.05) is 0 Å². The van der Waals surface area contributed by atoms with E-state index in [4.69, 9.17) is 5.11 Å². The molecule has 1 aromatic carbocycles. The molecular weight excluding hydrogens is 274 g/mol. The van der Waals surface area contributed by atoms with E-state index in [-0.39, 0.29) is 11.4 Å². The number of rotatable bonds is 4. The highest BCUT2D eigenvalue weighted by Crippen LogP contribution is 2.21. The van der Waals surface area contributed by atoms with Crippen LogP contribution >= 0.6 is 0 Å². The first-order valence-corrected chi connectivity index (χ1v) is 6.01. The van der Waals surface area contributed by atoms with E-state index in [2.05, 4.69) is 14.7 Å². The molecule has 21 heavy (non-hydrogen) atoms. The van der Waals surface area contributed by atoms with Gasteiger partial charge in [-0.25, -0.2) is 19.6 Å². The summed E-state index contributed by atoms with van der Waals surface area (Å²) in [6.07, 6.45) is 1.46. The normalized spacial score (nSPS) is 10.0. The number of aromatic carboxylic acids is 1. The number of benzene rings is 1. The van der Waals surface area contributed by atoms with E-state index in [1.807, 2.05) is 0 Å². The molecule has 0 saturated heterocycles. The van der Waals surface area contributed by atoms with Crippen molar-refractivity contribution in [3.63, 3.8) is 0 Å². The Bertz CT molecular complexity index is 670. The summed E-state index contributed by atoms with van der Waals surface area (Å²) in [5, 5.41) is 8.87. The number of nitrogens with zero attached hydrogens (tertiary/aromatic N) is 3. The maximum absolute atomic E-state index is 11.4. The Morgan fingerprint density at radius 3 is 2.43 bits per heavy atom. The van der Waals surface area contributed by atoms with Crippen LogP contribution in [0.3, 0.4) is 0 Å². The van der Waals surface area contributed by atoms with Gasteiger partial charge in [-0.15, -0.1) is 0 Å². The van der Waals surface area contributed by atoms with Crippen LogP contribution in [0.4, 0.5) is 11.5 Å². The van der Waals surface area contributed by atoms with Gasteiger partial charge >= 0.3 is 11.9 Å². The molecule has 0 bridgehead atoms. The number of ether oxygens (including phenoxy) is 1. The predicted octanol–water partition coefficient (Wildman–Crippen LogP) is 1.73. The molecule has 1 heterocycles. The van der Waals surface area contributed by atoms with E-state index >= 15 is 0 Å². The molecule has 1 aromatic heterocycles. The molecule has 0 radical (unpaired) electrons. The highest BCUT2D eigenvalue weighted by atomic mass is 16.5. The van der Waals surface area contributed by atoms with Crippen LogP contribution in [0.25, 0.3) is 0 Å². The number of hydrogen-bond acceptors (Lipinski definition) is 6. The molecule has 0 aliphatic heterocycles. The van der Waals surface area contributed by atoms with E-state index in [1.54, 1.807) is 30.1 Å². The van der Waals surface area contributed by atoms with Crippen LogP contribution in [0.2, 0.25) is 0 Å². The highest BCUT2D eigenvalue weighted by Gasteiger charge is 2.13. The first kappa shape index (κ1) is 14.4. The van der Waals surface area contributed by atoms with Gasteiger partial charge in [0.1, 0.15) is 5.82 Å². The van der Waals surface area contributed by atoms with Crippen molar-refractivity contribution in [1.82, 2.24) is 9.97 Å². The average molecular weight is 287 g/mol. The zero-order chi connectivity index (χ0) is 15.4. The van der Waals surface area contributed by atoms with E-state index in [0.29, 0.717) is 5.82 Å². The Kier molecular flexibility index (Phi) is 4.13. The Hall–Kier alpha value is -2.96. The van der Waals surface area contributed by atoms with Crippen LogP contribution in [0, 0.1) is 0 Å². The van der Waals surface area contributed by atoms with E-state index in [1.165, 1.54) is 25.4 Å². The van der Waals surface area contributed by atoms with Crippen LogP contribution < -0.4 is 4.90 Å². The fraction of sp³-hybridized carbons (Fsp3) is 0.143. The molecule has 0 aliphatic carbocycles. The second-order valence-corrected chi connectivity index (χ2v) is 4.14. The fourth-order valence-electron chi connectivity index (χ4n) is 1.69. The number of carboxylic acids is 1. The van der Waals surface area contributed by atoms with Crippen molar-refractivity contribution in [2.75, 3.05) is 19.1 Å². The SMILES string of the molecule is COC(=O)c1nccc(N(C)c2ccc(C(=O)O)cc2)n1. The lowest BCUT2D eigenvalue weighted by atomic mass is 10.2. The van der Waals surface area contributed by atoms with Gasteiger partial charge in [0.15, 0.2) is 0 Å². The van der Waals surface area contributed by atoms with Gasteiger partial charge in [0.05, 0.1) is 12.7 Å². The Morgan fingerprint density at radius 1 is 1.19 bits per heavy atom. The Morgan fingerprint density at radius 2 is 1.86 bits per heavy atom. The minimum atomic E-state index is -0.987. The zero-order valence-electron chi connectivity index (χ0n) is 11.5. The van der Waals surface area contributed by atoms with Crippen molar-refractivity contribution >= 4 is 23.4 Å². The standard InChI is InChI=1S/C14H13N3O4/c1-17(10-5-3-9(4-6-10)13(18)19)11-7-8-15-12(16-11)14(20)21-2/h3-8H,1-2H3,(H,18,19). The van der Waals surface area contributed by atoms with Gasteiger partial charge in [-0.05, 0) is 30.3 Å². The average Bonchev–Trinajstić information content (AvgIpc) is 2.53. The summed E-state index contributed by atoms with van der Waals surface area (Å²) >= 11 is 0. The van der Waals surface area contributed by atoms with Gasteiger partial charge in [-0.3, -0.25) is 0 Å².